The van der Waals surface area contributed by atoms with Gasteiger partial charge in [-0.25, -0.2) is 0 Å². The van der Waals surface area contributed by atoms with E-state index in [1.165, 1.54) is 16.3 Å². The largest absolute Gasteiger partial charge is 0.312 e. The second kappa shape index (κ2) is 3.08. The van der Waals surface area contributed by atoms with E-state index < -0.39 is 0 Å². The minimum absolute atomic E-state index is 1.03. The van der Waals surface area contributed by atoms with E-state index in [0.29, 0.717) is 0 Å². The summed E-state index contributed by atoms with van der Waals surface area (Å²) in [5.41, 5.74) is 3.35. The van der Waals surface area contributed by atoms with Crippen LogP contribution in [0.3, 0.4) is 0 Å². The molecule has 0 fully saturated rings. The fraction of sp³-hybridized carbons (Fsp3) is 0. The molecule has 0 aliphatic rings. The van der Waals surface area contributed by atoms with Crippen LogP contribution in [0.1, 0.15) is 0 Å². The maximum Gasteiger partial charge on any atom is 0.0870 e. The van der Waals surface area contributed by atoms with E-state index in [-0.39, 0.29) is 0 Å². The molecule has 0 N–H and O–H groups in total. The van der Waals surface area contributed by atoms with Crippen molar-refractivity contribution in [1.82, 2.24) is 9.38 Å². The van der Waals surface area contributed by atoms with Crippen molar-refractivity contribution in [2.24, 2.45) is 0 Å². The highest BCUT2D eigenvalue weighted by Crippen LogP contribution is 2.24. The number of hydrogen-bond acceptors (Lipinski definition) is 1. The van der Waals surface area contributed by atoms with Gasteiger partial charge in [0.2, 0.25) is 0 Å². The van der Waals surface area contributed by atoms with E-state index in [1.807, 2.05) is 24.4 Å². The Hall–Kier alpha value is -2.35. The average molecular weight is 218 g/mol. The van der Waals surface area contributed by atoms with Gasteiger partial charge in [0.15, 0.2) is 0 Å². The van der Waals surface area contributed by atoms with Crippen LogP contribution in [0.5, 0.6) is 0 Å². The minimum atomic E-state index is 1.03. The van der Waals surface area contributed by atoms with E-state index in [2.05, 4.69) is 45.9 Å². The molecule has 0 aliphatic heterocycles. The zero-order valence-corrected chi connectivity index (χ0v) is 9.17. The molecule has 0 amide bonds. The lowest BCUT2D eigenvalue weighted by Gasteiger charge is -2.00. The number of nitrogens with zero attached hydrogens (tertiary/aromatic N) is 2. The van der Waals surface area contributed by atoms with Crippen LogP contribution >= 0.6 is 0 Å². The van der Waals surface area contributed by atoms with Crippen molar-refractivity contribution in [3.8, 4) is 0 Å². The summed E-state index contributed by atoms with van der Waals surface area (Å²) in [5, 5.41) is 2.51. The van der Waals surface area contributed by atoms with Gasteiger partial charge in [0, 0.05) is 17.0 Å². The molecule has 80 valence electrons. The van der Waals surface area contributed by atoms with Crippen molar-refractivity contribution in [3.05, 3.63) is 60.9 Å². The van der Waals surface area contributed by atoms with Gasteiger partial charge in [-0.1, -0.05) is 36.4 Å². The van der Waals surface area contributed by atoms with Gasteiger partial charge in [0.1, 0.15) is 0 Å². The number of benzene rings is 2. The van der Waals surface area contributed by atoms with Crippen molar-refractivity contribution in [1.29, 1.82) is 0 Å². The molecule has 2 aromatic carbocycles. The van der Waals surface area contributed by atoms with E-state index in [0.717, 1.165) is 11.0 Å². The molecule has 2 heteroatoms. The Morgan fingerprint density at radius 2 is 1.65 bits per heavy atom. The molecule has 4 aromatic rings. The van der Waals surface area contributed by atoms with Gasteiger partial charge >= 0.3 is 0 Å². The average Bonchev–Trinajstić information content (AvgIpc) is 2.78. The topological polar surface area (TPSA) is 17.3 Å². The van der Waals surface area contributed by atoms with Crippen LogP contribution in [0.25, 0.3) is 27.3 Å². The third kappa shape index (κ3) is 1.12. The van der Waals surface area contributed by atoms with E-state index in [4.69, 9.17) is 0 Å². The monoisotopic (exact) mass is 218 g/mol. The lowest BCUT2D eigenvalue weighted by Crippen LogP contribution is -1.87. The predicted molar refractivity (Wildman–Crippen MR) is 70.2 cm³/mol. The molecule has 2 nitrogen and oxygen atoms in total. The summed E-state index contributed by atoms with van der Waals surface area (Å²) in [4.78, 5) is 4.51. The summed E-state index contributed by atoms with van der Waals surface area (Å²) in [6.07, 6.45) is 4.12. The quantitative estimate of drug-likeness (QED) is 0.440. The van der Waals surface area contributed by atoms with Crippen molar-refractivity contribution in [2.75, 3.05) is 0 Å². The van der Waals surface area contributed by atoms with Crippen molar-refractivity contribution in [2.45, 2.75) is 0 Å². The highest BCUT2D eigenvalue weighted by Gasteiger charge is 2.05. The summed E-state index contributed by atoms with van der Waals surface area (Å²) in [6.45, 7) is 0. The molecule has 0 spiro atoms. The van der Waals surface area contributed by atoms with Crippen LogP contribution in [0.4, 0.5) is 0 Å². The number of para-hydroxylation sites is 2. The molecule has 2 heterocycles. The fourth-order valence-corrected chi connectivity index (χ4v) is 2.42. The third-order valence-electron chi connectivity index (χ3n) is 3.23. The molecule has 0 atom stereocenters. The van der Waals surface area contributed by atoms with Crippen LogP contribution in [0.15, 0.2) is 60.9 Å². The summed E-state index contributed by atoms with van der Waals surface area (Å²) < 4.78 is 2.22. The molecule has 0 unspecified atom stereocenters. The molecule has 4 rings (SSSR count). The van der Waals surface area contributed by atoms with Gasteiger partial charge in [-0.3, -0.25) is 4.98 Å². The lowest BCUT2D eigenvalue weighted by molar-refractivity contribution is 1.23. The highest BCUT2D eigenvalue weighted by atomic mass is 14.9. The number of hydrogen-bond donors (Lipinski definition) is 0. The Morgan fingerprint density at radius 1 is 0.824 bits per heavy atom. The van der Waals surface area contributed by atoms with Crippen LogP contribution in [-0.2, 0) is 0 Å². The molecule has 0 saturated carbocycles. The maximum absolute atomic E-state index is 4.51. The molecule has 2 aromatic heterocycles. The first kappa shape index (κ1) is 8.76. The predicted octanol–water partition coefficient (Wildman–Crippen LogP) is 3.64. The number of aromatic nitrogens is 2. The Kier molecular flexibility index (Phi) is 1.59. The summed E-state index contributed by atoms with van der Waals surface area (Å²) in [5.74, 6) is 0. The van der Waals surface area contributed by atoms with Crippen LogP contribution < -0.4 is 0 Å². The second-order valence-corrected chi connectivity index (χ2v) is 4.22. The Labute approximate surface area is 98.1 Å². The lowest BCUT2D eigenvalue weighted by atomic mass is 10.2. The standard InChI is InChI=1S/C15H10N2/c1-2-6-12-11(5-1)10-17-14-8-4-3-7-13(14)16-9-15(12)17/h1-10H. The van der Waals surface area contributed by atoms with Gasteiger partial charge < -0.3 is 4.40 Å². The first-order valence-electron chi connectivity index (χ1n) is 5.67. The van der Waals surface area contributed by atoms with Crippen molar-refractivity contribution >= 4 is 27.3 Å². The number of rotatable bonds is 0. The Balaban J connectivity index is 2.34. The van der Waals surface area contributed by atoms with Gasteiger partial charge in [0.25, 0.3) is 0 Å². The summed E-state index contributed by atoms with van der Waals surface area (Å²) >= 11 is 0. The normalized spacial score (nSPS) is 11.5. The van der Waals surface area contributed by atoms with Gasteiger partial charge in [-0.15, -0.1) is 0 Å². The minimum Gasteiger partial charge on any atom is -0.312 e. The fourth-order valence-electron chi connectivity index (χ4n) is 2.42. The van der Waals surface area contributed by atoms with Gasteiger partial charge in [0.05, 0.1) is 22.7 Å². The molecule has 17 heavy (non-hydrogen) atoms. The van der Waals surface area contributed by atoms with E-state index >= 15 is 0 Å². The number of fused-ring (bicyclic) bond motifs is 5. The highest BCUT2D eigenvalue weighted by molar-refractivity contribution is 5.99. The zero-order valence-electron chi connectivity index (χ0n) is 9.17. The SMILES string of the molecule is c1ccc2c(c1)cn1c3ccccc3ncc21. The van der Waals surface area contributed by atoms with E-state index in [1.54, 1.807) is 0 Å². The van der Waals surface area contributed by atoms with Crippen LogP contribution in [0, 0.1) is 0 Å². The first-order valence-corrected chi connectivity index (χ1v) is 5.67. The summed E-state index contributed by atoms with van der Waals surface area (Å²) in [7, 11) is 0. The van der Waals surface area contributed by atoms with Crippen LogP contribution in [0.2, 0.25) is 0 Å². The maximum atomic E-state index is 4.51. The molecule has 0 radical (unpaired) electrons. The van der Waals surface area contributed by atoms with Gasteiger partial charge in [-0.05, 0) is 12.1 Å². The molecule has 0 saturated heterocycles. The smallest absolute Gasteiger partial charge is 0.0870 e. The Morgan fingerprint density at radius 3 is 2.65 bits per heavy atom. The third-order valence-corrected chi connectivity index (χ3v) is 3.23. The second-order valence-electron chi connectivity index (χ2n) is 4.22. The Bertz CT molecular complexity index is 843. The molecule has 0 aliphatic carbocycles. The summed E-state index contributed by atoms with van der Waals surface area (Å²) in [6, 6.07) is 16.6. The van der Waals surface area contributed by atoms with Crippen molar-refractivity contribution < 1.29 is 0 Å². The van der Waals surface area contributed by atoms with Gasteiger partial charge in [-0.2, -0.15) is 0 Å². The zero-order chi connectivity index (χ0) is 11.2. The molecular weight excluding hydrogens is 208 g/mol. The van der Waals surface area contributed by atoms with Crippen LogP contribution in [-0.4, -0.2) is 9.38 Å². The van der Waals surface area contributed by atoms with E-state index in [9.17, 15) is 0 Å². The molecule has 0 bridgehead atoms. The van der Waals surface area contributed by atoms with Crippen molar-refractivity contribution in [3.63, 3.8) is 0 Å². The molecular formula is C15H10N2. The first-order chi connectivity index (χ1) is 8.43.